The predicted molar refractivity (Wildman–Crippen MR) is 91.9 cm³/mol. The SMILES string of the molecule is COC(=O)/C=C/c1sc2nc(C)cc(C)c2c1NC=[N+](C)C. The molecule has 6 heteroatoms. The number of methoxy groups -OCH3 is 1. The van der Waals surface area contributed by atoms with Crippen molar-refractivity contribution in [3.05, 3.63) is 28.3 Å². The van der Waals surface area contributed by atoms with Crippen molar-refractivity contribution in [1.29, 1.82) is 0 Å². The number of hydrogen-bond donors (Lipinski definition) is 1. The maximum Gasteiger partial charge on any atom is 0.330 e. The monoisotopic (exact) mass is 318 g/mol. The van der Waals surface area contributed by atoms with Gasteiger partial charge in [0.25, 0.3) is 0 Å². The summed E-state index contributed by atoms with van der Waals surface area (Å²) in [6.07, 6.45) is 5.06. The summed E-state index contributed by atoms with van der Waals surface area (Å²) < 4.78 is 6.58. The first kappa shape index (κ1) is 16.2. The van der Waals surface area contributed by atoms with Crippen molar-refractivity contribution < 1.29 is 14.1 Å². The molecule has 0 radical (unpaired) electrons. The van der Waals surface area contributed by atoms with Gasteiger partial charge < -0.3 is 4.74 Å². The van der Waals surface area contributed by atoms with E-state index in [4.69, 9.17) is 0 Å². The summed E-state index contributed by atoms with van der Waals surface area (Å²) in [5, 5.41) is 4.39. The van der Waals surface area contributed by atoms with Crippen molar-refractivity contribution in [2.75, 3.05) is 26.5 Å². The fourth-order valence-electron chi connectivity index (χ4n) is 2.12. The van der Waals surface area contributed by atoms with Gasteiger partial charge in [-0.25, -0.2) is 15.1 Å². The molecule has 0 spiro atoms. The summed E-state index contributed by atoms with van der Waals surface area (Å²) in [5.74, 6) is -0.374. The minimum absolute atomic E-state index is 0.374. The van der Waals surface area contributed by atoms with E-state index in [1.807, 2.05) is 31.9 Å². The van der Waals surface area contributed by atoms with Crippen molar-refractivity contribution in [3.63, 3.8) is 0 Å². The van der Waals surface area contributed by atoms with E-state index in [1.165, 1.54) is 13.2 Å². The molecule has 0 fully saturated rings. The molecule has 0 aliphatic heterocycles. The number of hydrogen-bond acceptors (Lipinski definition) is 4. The lowest BCUT2D eigenvalue weighted by Gasteiger charge is -2.01. The molecule has 0 saturated carbocycles. The Morgan fingerprint density at radius 2 is 2.14 bits per heavy atom. The molecular weight excluding hydrogens is 298 g/mol. The molecule has 0 aromatic carbocycles. The largest absolute Gasteiger partial charge is 0.466 e. The van der Waals surface area contributed by atoms with Crippen LogP contribution >= 0.6 is 11.3 Å². The second kappa shape index (κ2) is 6.70. The molecule has 0 amide bonds. The number of aryl methyl sites for hydroxylation is 2. The lowest BCUT2D eigenvalue weighted by atomic mass is 10.1. The Kier molecular flexibility index (Phi) is 4.92. The quantitative estimate of drug-likeness (QED) is 0.310. The van der Waals surface area contributed by atoms with Crippen LogP contribution in [0.3, 0.4) is 0 Å². The van der Waals surface area contributed by atoms with E-state index in [0.717, 1.165) is 32.0 Å². The number of nitrogens with zero attached hydrogens (tertiary/aromatic N) is 2. The molecular formula is C16H20N3O2S+. The first-order valence-corrected chi connectivity index (χ1v) is 7.67. The third-order valence-corrected chi connectivity index (χ3v) is 4.10. The zero-order chi connectivity index (χ0) is 16.3. The van der Waals surface area contributed by atoms with Crippen LogP contribution in [-0.4, -0.2) is 43.1 Å². The van der Waals surface area contributed by atoms with Crippen LogP contribution < -0.4 is 5.32 Å². The lowest BCUT2D eigenvalue weighted by Crippen LogP contribution is -2.07. The predicted octanol–water partition coefficient (Wildman–Crippen LogP) is 2.81. The van der Waals surface area contributed by atoms with Crippen molar-refractivity contribution in [3.8, 4) is 0 Å². The van der Waals surface area contributed by atoms with Crippen molar-refractivity contribution in [2.24, 2.45) is 0 Å². The third kappa shape index (κ3) is 3.51. The van der Waals surface area contributed by atoms with Gasteiger partial charge in [-0.3, -0.25) is 4.58 Å². The van der Waals surface area contributed by atoms with Crippen LogP contribution in [0.5, 0.6) is 0 Å². The second-order valence-corrected chi connectivity index (χ2v) is 6.23. The molecule has 116 valence electrons. The summed E-state index contributed by atoms with van der Waals surface area (Å²) in [6.45, 7) is 4.05. The number of nitrogens with one attached hydrogen (secondary N) is 1. The molecule has 0 aliphatic carbocycles. The van der Waals surface area contributed by atoms with Gasteiger partial charge in [0.15, 0.2) is 5.69 Å². The number of pyridine rings is 1. The Morgan fingerprint density at radius 1 is 1.41 bits per heavy atom. The number of anilines is 1. The standard InChI is InChI=1S/C16H19N3O2S/c1-10-8-11(2)18-16-14(10)15(17-9-19(3)4)12(22-16)6-7-13(20)21-5/h6-9H,1-5H3/p+1/b7-6+. The number of rotatable bonds is 4. The van der Waals surface area contributed by atoms with Gasteiger partial charge in [0.05, 0.1) is 31.5 Å². The molecule has 2 rings (SSSR count). The highest BCUT2D eigenvalue weighted by atomic mass is 32.1. The second-order valence-electron chi connectivity index (χ2n) is 5.20. The van der Waals surface area contributed by atoms with Crippen LogP contribution in [0.15, 0.2) is 12.1 Å². The topological polar surface area (TPSA) is 54.2 Å². The maximum atomic E-state index is 11.3. The van der Waals surface area contributed by atoms with Gasteiger partial charge >= 0.3 is 5.97 Å². The van der Waals surface area contributed by atoms with Crippen molar-refractivity contribution >= 4 is 45.6 Å². The zero-order valence-electron chi connectivity index (χ0n) is 13.4. The van der Waals surface area contributed by atoms with E-state index in [1.54, 1.807) is 17.4 Å². The highest BCUT2D eigenvalue weighted by Crippen LogP contribution is 2.37. The van der Waals surface area contributed by atoms with Gasteiger partial charge in [-0.05, 0) is 31.6 Å². The smallest absolute Gasteiger partial charge is 0.330 e. The minimum atomic E-state index is -0.374. The number of ether oxygens (including phenoxy) is 1. The molecule has 0 bridgehead atoms. The third-order valence-electron chi connectivity index (χ3n) is 3.05. The van der Waals surface area contributed by atoms with Crippen LogP contribution in [-0.2, 0) is 9.53 Å². The lowest BCUT2D eigenvalue weighted by molar-refractivity contribution is -0.459. The van der Waals surface area contributed by atoms with Crippen LogP contribution in [0.25, 0.3) is 16.3 Å². The van der Waals surface area contributed by atoms with E-state index < -0.39 is 0 Å². The molecule has 2 aromatic rings. The van der Waals surface area contributed by atoms with Gasteiger partial charge in [0.2, 0.25) is 6.34 Å². The van der Waals surface area contributed by atoms with E-state index >= 15 is 0 Å². The summed E-state index contributed by atoms with van der Waals surface area (Å²) in [4.78, 5) is 17.8. The number of carbonyl (C=O) groups excluding carboxylic acids is 1. The summed E-state index contributed by atoms with van der Waals surface area (Å²) in [7, 11) is 5.26. The zero-order valence-corrected chi connectivity index (χ0v) is 14.2. The summed E-state index contributed by atoms with van der Waals surface area (Å²) in [6, 6.07) is 2.06. The van der Waals surface area contributed by atoms with Crippen molar-refractivity contribution in [1.82, 2.24) is 4.98 Å². The van der Waals surface area contributed by atoms with Crippen LogP contribution in [0.2, 0.25) is 0 Å². The maximum absolute atomic E-state index is 11.3. The summed E-state index contributed by atoms with van der Waals surface area (Å²) in [5.41, 5.74) is 3.10. The Balaban J connectivity index is 2.60. The first-order chi connectivity index (χ1) is 10.4. The highest BCUT2D eigenvalue weighted by molar-refractivity contribution is 7.20. The van der Waals surface area contributed by atoms with E-state index in [0.29, 0.717) is 0 Å². The van der Waals surface area contributed by atoms with Crippen LogP contribution in [0.4, 0.5) is 5.69 Å². The molecule has 1 N–H and O–H groups in total. The molecule has 5 nitrogen and oxygen atoms in total. The number of esters is 1. The molecule has 0 unspecified atom stereocenters. The number of fused-ring (bicyclic) bond motifs is 1. The van der Waals surface area contributed by atoms with Crippen LogP contribution in [0, 0.1) is 13.8 Å². The highest BCUT2D eigenvalue weighted by Gasteiger charge is 2.17. The summed E-state index contributed by atoms with van der Waals surface area (Å²) >= 11 is 1.55. The molecule has 0 aliphatic rings. The van der Waals surface area contributed by atoms with Gasteiger partial charge in [0, 0.05) is 11.8 Å². The van der Waals surface area contributed by atoms with Gasteiger partial charge in [0.1, 0.15) is 4.83 Å². The Bertz CT molecular complexity index is 771. The number of thiophene rings is 1. The first-order valence-electron chi connectivity index (χ1n) is 6.85. The van der Waals surface area contributed by atoms with E-state index in [9.17, 15) is 4.79 Å². The van der Waals surface area contributed by atoms with Gasteiger partial charge in [-0.1, -0.05) is 0 Å². The number of aromatic nitrogens is 1. The van der Waals surface area contributed by atoms with Gasteiger partial charge in [-0.15, -0.1) is 11.3 Å². The van der Waals surface area contributed by atoms with E-state index in [2.05, 4.69) is 28.0 Å². The number of carbonyl (C=O) groups is 1. The molecule has 2 heterocycles. The van der Waals surface area contributed by atoms with Crippen molar-refractivity contribution in [2.45, 2.75) is 13.8 Å². The molecule has 2 aromatic heterocycles. The fourth-order valence-corrected chi connectivity index (χ4v) is 3.29. The Hall–Kier alpha value is -2.21. The molecule has 0 atom stereocenters. The van der Waals surface area contributed by atoms with Crippen LogP contribution in [0.1, 0.15) is 16.1 Å². The average Bonchev–Trinajstić information content (AvgIpc) is 2.80. The molecule has 0 saturated heterocycles. The average molecular weight is 318 g/mol. The Morgan fingerprint density at radius 3 is 2.77 bits per heavy atom. The van der Waals surface area contributed by atoms with Gasteiger partial charge in [-0.2, -0.15) is 0 Å². The Labute approximate surface area is 133 Å². The normalized spacial score (nSPS) is 11.0. The molecule has 22 heavy (non-hydrogen) atoms. The fraction of sp³-hybridized carbons (Fsp3) is 0.312. The van der Waals surface area contributed by atoms with E-state index in [-0.39, 0.29) is 5.97 Å². The minimum Gasteiger partial charge on any atom is -0.466 e.